The maximum absolute atomic E-state index is 13.2. The van der Waals surface area contributed by atoms with Crippen LogP contribution in [-0.4, -0.2) is 30.8 Å². The Morgan fingerprint density at radius 2 is 1.96 bits per heavy atom. The highest BCUT2D eigenvalue weighted by Gasteiger charge is 2.36. The van der Waals surface area contributed by atoms with E-state index in [1.54, 1.807) is 0 Å². The summed E-state index contributed by atoms with van der Waals surface area (Å²) in [4.78, 5) is 3.97. The third-order valence-electron chi connectivity index (χ3n) is 3.74. The molecule has 1 N–H and O–H groups in total. The normalized spacial score (nSPS) is 19.9. The minimum absolute atomic E-state index is 0.0203. The Bertz CT molecular complexity index is 660. The highest BCUT2D eigenvalue weighted by Crippen LogP contribution is 2.43. The third-order valence-corrected chi connectivity index (χ3v) is 5.12. The van der Waals surface area contributed by atoms with Crippen LogP contribution in [-0.2, 0) is 10.9 Å². The van der Waals surface area contributed by atoms with E-state index in [4.69, 9.17) is 4.74 Å². The van der Waals surface area contributed by atoms with Crippen LogP contribution in [0.3, 0.4) is 0 Å². The van der Waals surface area contributed by atoms with Gasteiger partial charge in [-0.25, -0.2) is 4.98 Å². The van der Waals surface area contributed by atoms with E-state index in [9.17, 15) is 13.2 Å². The lowest BCUT2D eigenvalue weighted by atomic mass is 10.1. The minimum atomic E-state index is -4.43. The number of rotatable bonds is 4. The van der Waals surface area contributed by atoms with Crippen molar-refractivity contribution in [2.24, 2.45) is 0 Å². The lowest BCUT2D eigenvalue weighted by Gasteiger charge is -2.31. The van der Waals surface area contributed by atoms with Gasteiger partial charge in [-0.1, -0.05) is 42.1 Å². The summed E-state index contributed by atoms with van der Waals surface area (Å²) in [6, 6.07) is 11.8. The molecule has 3 rings (SSSR count). The average molecular weight is 354 g/mol. The molecule has 1 aliphatic heterocycles. The first-order valence-corrected chi connectivity index (χ1v) is 8.50. The molecule has 2 aromatic rings. The number of ether oxygens (including phenoxy) is 1. The smallest absolute Gasteiger partial charge is 0.374 e. The van der Waals surface area contributed by atoms with Gasteiger partial charge in [-0.2, -0.15) is 13.2 Å². The summed E-state index contributed by atoms with van der Waals surface area (Å²) in [7, 11) is 0. The standard InChI is InChI=1S/C17H17F3N2OS/c18-17(19,20)13-7-4-8-22-16(13)24-15(12-5-2-1-3-6-12)14-11-21-9-10-23-14/h1-8,14-15,21H,9-11H2/t14-,15?/m0/s1. The van der Waals surface area contributed by atoms with Gasteiger partial charge in [0.15, 0.2) is 0 Å². The number of pyridine rings is 1. The molecule has 128 valence electrons. The van der Waals surface area contributed by atoms with E-state index in [-0.39, 0.29) is 16.4 Å². The van der Waals surface area contributed by atoms with E-state index in [1.807, 2.05) is 30.3 Å². The zero-order chi connectivity index (χ0) is 17.0. The minimum Gasteiger partial charge on any atom is -0.374 e. The highest BCUT2D eigenvalue weighted by atomic mass is 32.2. The number of benzene rings is 1. The molecule has 3 nitrogen and oxygen atoms in total. The maximum atomic E-state index is 13.2. The summed E-state index contributed by atoms with van der Waals surface area (Å²) in [5.74, 6) is 0. The molecular weight excluding hydrogens is 337 g/mol. The Morgan fingerprint density at radius 3 is 2.62 bits per heavy atom. The third kappa shape index (κ3) is 4.09. The van der Waals surface area contributed by atoms with E-state index in [2.05, 4.69) is 10.3 Å². The monoisotopic (exact) mass is 354 g/mol. The summed E-state index contributed by atoms with van der Waals surface area (Å²) in [5.41, 5.74) is 0.217. The summed E-state index contributed by atoms with van der Waals surface area (Å²) in [5, 5.41) is 2.95. The van der Waals surface area contributed by atoms with E-state index >= 15 is 0 Å². The Hall–Kier alpha value is -1.57. The molecule has 2 heterocycles. The van der Waals surface area contributed by atoms with Crippen molar-refractivity contribution in [3.63, 3.8) is 0 Å². The number of nitrogens with one attached hydrogen (secondary N) is 1. The second-order valence-corrected chi connectivity index (χ2v) is 6.55. The van der Waals surface area contributed by atoms with Crippen molar-refractivity contribution in [1.29, 1.82) is 0 Å². The van der Waals surface area contributed by atoms with Crippen LogP contribution in [0, 0.1) is 0 Å². The molecule has 0 aliphatic carbocycles. The second-order valence-electron chi connectivity index (χ2n) is 5.42. The fourth-order valence-electron chi connectivity index (χ4n) is 2.60. The largest absolute Gasteiger partial charge is 0.419 e. The molecule has 0 spiro atoms. The molecular formula is C17H17F3N2OS. The maximum Gasteiger partial charge on any atom is 0.419 e. The molecule has 0 radical (unpaired) electrons. The van der Waals surface area contributed by atoms with E-state index in [0.29, 0.717) is 13.2 Å². The molecule has 1 fully saturated rings. The number of halogens is 3. The summed E-state index contributed by atoms with van der Waals surface area (Å²) in [6.07, 6.45) is -3.25. The highest BCUT2D eigenvalue weighted by molar-refractivity contribution is 7.99. The zero-order valence-corrected chi connectivity index (χ0v) is 13.6. The molecule has 0 saturated carbocycles. The quantitative estimate of drug-likeness (QED) is 0.844. The molecule has 1 aliphatic rings. The van der Waals surface area contributed by atoms with E-state index in [0.717, 1.165) is 29.9 Å². The predicted octanol–water partition coefficient (Wildman–Crippen LogP) is 3.92. The van der Waals surface area contributed by atoms with Gasteiger partial charge in [-0.05, 0) is 17.7 Å². The first kappa shape index (κ1) is 17.3. The number of thioether (sulfide) groups is 1. The van der Waals surface area contributed by atoms with Gasteiger partial charge in [0.2, 0.25) is 0 Å². The van der Waals surface area contributed by atoms with Crippen LogP contribution >= 0.6 is 11.8 Å². The predicted molar refractivity (Wildman–Crippen MR) is 86.9 cm³/mol. The van der Waals surface area contributed by atoms with Crippen LogP contribution in [0.25, 0.3) is 0 Å². The zero-order valence-electron chi connectivity index (χ0n) is 12.8. The van der Waals surface area contributed by atoms with Gasteiger partial charge in [0.25, 0.3) is 0 Å². The first-order chi connectivity index (χ1) is 11.6. The van der Waals surface area contributed by atoms with Crippen LogP contribution in [0.15, 0.2) is 53.7 Å². The molecule has 1 unspecified atom stereocenters. The van der Waals surface area contributed by atoms with Gasteiger partial charge >= 0.3 is 6.18 Å². The van der Waals surface area contributed by atoms with Gasteiger partial charge in [-0.15, -0.1) is 0 Å². The fraction of sp³-hybridized carbons (Fsp3) is 0.353. The van der Waals surface area contributed by atoms with Crippen LogP contribution in [0.5, 0.6) is 0 Å². The van der Waals surface area contributed by atoms with Crippen LogP contribution in [0.1, 0.15) is 16.4 Å². The Labute approximate surface area is 142 Å². The van der Waals surface area contributed by atoms with E-state index < -0.39 is 11.7 Å². The van der Waals surface area contributed by atoms with Gasteiger partial charge in [0.05, 0.1) is 23.5 Å². The number of hydrogen-bond donors (Lipinski definition) is 1. The van der Waals surface area contributed by atoms with Crippen molar-refractivity contribution in [1.82, 2.24) is 10.3 Å². The summed E-state index contributed by atoms with van der Waals surface area (Å²) < 4.78 is 45.5. The van der Waals surface area contributed by atoms with Crippen molar-refractivity contribution >= 4 is 11.8 Å². The summed E-state index contributed by atoms with van der Waals surface area (Å²) >= 11 is 1.11. The Kier molecular flexibility index (Phi) is 5.43. The number of nitrogens with zero attached hydrogens (tertiary/aromatic N) is 1. The molecule has 7 heteroatoms. The first-order valence-electron chi connectivity index (χ1n) is 7.62. The lowest BCUT2D eigenvalue weighted by Crippen LogP contribution is -2.41. The van der Waals surface area contributed by atoms with Crippen molar-refractivity contribution in [2.45, 2.75) is 22.6 Å². The number of aromatic nitrogens is 1. The molecule has 24 heavy (non-hydrogen) atoms. The number of morpholine rings is 1. The fourth-order valence-corrected chi connectivity index (χ4v) is 3.89. The van der Waals surface area contributed by atoms with Gasteiger partial charge in [0.1, 0.15) is 5.03 Å². The van der Waals surface area contributed by atoms with Crippen LogP contribution < -0.4 is 5.32 Å². The average Bonchev–Trinajstić information content (AvgIpc) is 2.61. The lowest BCUT2D eigenvalue weighted by molar-refractivity contribution is -0.140. The Morgan fingerprint density at radius 1 is 1.17 bits per heavy atom. The van der Waals surface area contributed by atoms with Gasteiger partial charge < -0.3 is 10.1 Å². The van der Waals surface area contributed by atoms with Crippen molar-refractivity contribution in [3.05, 3.63) is 59.8 Å². The molecule has 1 aromatic carbocycles. The number of hydrogen-bond acceptors (Lipinski definition) is 4. The Balaban J connectivity index is 1.93. The summed E-state index contributed by atoms with van der Waals surface area (Å²) in [6.45, 7) is 1.89. The van der Waals surface area contributed by atoms with Crippen molar-refractivity contribution in [3.8, 4) is 0 Å². The van der Waals surface area contributed by atoms with Crippen LogP contribution in [0.4, 0.5) is 13.2 Å². The van der Waals surface area contributed by atoms with E-state index in [1.165, 1.54) is 12.3 Å². The SMILES string of the molecule is FC(F)(F)c1cccnc1SC(c1ccccc1)[C@@H]1CNCCO1. The molecule has 1 aromatic heterocycles. The topological polar surface area (TPSA) is 34.2 Å². The molecule has 2 atom stereocenters. The molecule has 0 bridgehead atoms. The van der Waals surface area contributed by atoms with Crippen molar-refractivity contribution < 1.29 is 17.9 Å². The number of alkyl halides is 3. The van der Waals surface area contributed by atoms with Crippen LogP contribution in [0.2, 0.25) is 0 Å². The second kappa shape index (κ2) is 7.55. The molecule has 1 saturated heterocycles. The van der Waals surface area contributed by atoms with Crippen molar-refractivity contribution in [2.75, 3.05) is 19.7 Å². The van der Waals surface area contributed by atoms with Gasteiger partial charge in [0, 0.05) is 19.3 Å². The van der Waals surface area contributed by atoms with Gasteiger partial charge in [-0.3, -0.25) is 0 Å². The molecule has 0 amide bonds.